The molecule has 1 aromatic heterocycles. The zero-order valence-electron chi connectivity index (χ0n) is 14.2. The molecule has 1 aliphatic rings. The number of thioether (sulfide) groups is 2. The second kappa shape index (κ2) is 8.69. The van der Waals surface area contributed by atoms with Gasteiger partial charge in [0.2, 0.25) is 5.91 Å². The Bertz CT molecular complexity index is 847. The number of amides is 1. The van der Waals surface area contributed by atoms with Crippen molar-refractivity contribution in [3.63, 3.8) is 0 Å². The Labute approximate surface area is 166 Å². The van der Waals surface area contributed by atoms with Gasteiger partial charge in [0.05, 0.1) is 17.0 Å². The zero-order valence-corrected chi connectivity index (χ0v) is 17.4. The monoisotopic (exact) mass is 428 g/mol. The third-order valence-electron chi connectivity index (χ3n) is 3.90. The molecule has 1 amide bonds. The van der Waals surface area contributed by atoms with E-state index in [1.807, 2.05) is 19.1 Å². The van der Waals surface area contributed by atoms with E-state index in [0.29, 0.717) is 5.69 Å². The third-order valence-corrected chi connectivity index (χ3v) is 9.42. The summed E-state index contributed by atoms with van der Waals surface area (Å²) in [7, 11) is -3.63. The Morgan fingerprint density at radius 1 is 1.19 bits per heavy atom. The topological polar surface area (TPSA) is 75.3 Å². The minimum absolute atomic E-state index is 0.00520. The van der Waals surface area contributed by atoms with Crippen LogP contribution in [0.1, 0.15) is 18.5 Å². The van der Waals surface area contributed by atoms with Crippen LogP contribution in [-0.4, -0.2) is 36.8 Å². The number of anilines is 1. The van der Waals surface area contributed by atoms with Crippen molar-refractivity contribution >= 4 is 56.5 Å². The van der Waals surface area contributed by atoms with Gasteiger partial charge < -0.3 is 5.32 Å². The first-order valence-electron chi connectivity index (χ1n) is 8.12. The van der Waals surface area contributed by atoms with Crippen LogP contribution in [0, 0.1) is 0 Å². The smallest absolute Gasteiger partial charge is 0.271 e. The van der Waals surface area contributed by atoms with Gasteiger partial charge in [0.15, 0.2) is 0 Å². The van der Waals surface area contributed by atoms with Gasteiger partial charge in [-0.05, 0) is 30.0 Å². The van der Waals surface area contributed by atoms with Crippen LogP contribution in [0.4, 0.5) is 5.69 Å². The first-order chi connectivity index (χ1) is 12.5. The Kier molecular flexibility index (Phi) is 6.55. The molecule has 9 heteroatoms. The van der Waals surface area contributed by atoms with Crippen LogP contribution in [0.15, 0.2) is 46.0 Å². The van der Waals surface area contributed by atoms with E-state index in [9.17, 15) is 13.2 Å². The maximum absolute atomic E-state index is 12.5. The molecule has 140 valence electrons. The van der Waals surface area contributed by atoms with Gasteiger partial charge >= 0.3 is 0 Å². The number of hydrogen-bond donors (Lipinski definition) is 2. The molecule has 1 saturated heterocycles. The number of benzene rings is 1. The molecular formula is C17H20N2O3S4. The van der Waals surface area contributed by atoms with Crippen LogP contribution < -0.4 is 10.0 Å². The highest BCUT2D eigenvalue weighted by molar-refractivity contribution is 8.07. The number of carbonyl (C=O) groups is 1. The molecular weight excluding hydrogens is 408 g/mol. The summed E-state index contributed by atoms with van der Waals surface area (Å²) < 4.78 is 27.9. The highest BCUT2D eigenvalue weighted by Gasteiger charge is 2.25. The summed E-state index contributed by atoms with van der Waals surface area (Å²) in [5, 5.41) is 4.70. The van der Waals surface area contributed by atoms with Crippen LogP contribution in [0.3, 0.4) is 0 Å². The lowest BCUT2D eigenvalue weighted by Gasteiger charge is -2.24. The van der Waals surface area contributed by atoms with Crippen molar-refractivity contribution in [1.82, 2.24) is 5.32 Å². The average Bonchev–Trinajstić information content (AvgIpc) is 3.18. The van der Waals surface area contributed by atoms with Gasteiger partial charge in [-0.3, -0.25) is 9.52 Å². The van der Waals surface area contributed by atoms with Gasteiger partial charge in [-0.25, -0.2) is 8.42 Å². The Balaban J connectivity index is 1.75. The van der Waals surface area contributed by atoms with Gasteiger partial charge in [0, 0.05) is 17.3 Å². The van der Waals surface area contributed by atoms with Gasteiger partial charge in [-0.2, -0.15) is 11.8 Å². The number of carbonyl (C=O) groups excluding carboxylic acids is 1. The molecule has 2 unspecified atom stereocenters. The zero-order chi connectivity index (χ0) is 18.6. The molecule has 1 aliphatic heterocycles. The second-order valence-corrected chi connectivity index (χ2v) is 11.1. The van der Waals surface area contributed by atoms with E-state index >= 15 is 0 Å². The molecule has 26 heavy (non-hydrogen) atoms. The predicted octanol–water partition coefficient (Wildman–Crippen LogP) is 3.57. The Hall–Kier alpha value is -1.16. The van der Waals surface area contributed by atoms with E-state index in [1.165, 1.54) is 11.3 Å². The Morgan fingerprint density at radius 3 is 2.69 bits per heavy atom. The minimum atomic E-state index is -3.63. The van der Waals surface area contributed by atoms with Crippen molar-refractivity contribution < 1.29 is 13.2 Å². The van der Waals surface area contributed by atoms with E-state index in [4.69, 9.17) is 0 Å². The van der Waals surface area contributed by atoms with E-state index in [0.717, 1.165) is 22.8 Å². The number of hydrogen-bond acceptors (Lipinski definition) is 6. The highest BCUT2D eigenvalue weighted by Crippen LogP contribution is 2.28. The first-order valence-corrected chi connectivity index (χ1v) is 12.7. The van der Waals surface area contributed by atoms with E-state index in [2.05, 4.69) is 10.0 Å². The molecule has 3 rings (SSSR count). The fourth-order valence-electron chi connectivity index (χ4n) is 2.60. The maximum Gasteiger partial charge on any atom is 0.271 e. The standard InChI is InChI=1S/C17H20N2O3S4/c1-12(18-17(20)15-11-23-9-10-24-15)13-5-2-3-6-14(13)19-26(21,22)16-7-4-8-25-16/h2-8,12,15,19H,9-11H2,1H3,(H,18,20). The molecule has 1 fully saturated rings. The fourth-order valence-corrected chi connectivity index (χ4v) is 7.25. The molecule has 2 heterocycles. The third kappa shape index (κ3) is 4.76. The highest BCUT2D eigenvalue weighted by atomic mass is 32.2. The molecule has 2 N–H and O–H groups in total. The van der Waals surface area contributed by atoms with Crippen LogP contribution in [0.5, 0.6) is 0 Å². The van der Waals surface area contributed by atoms with Gasteiger partial charge in [-0.1, -0.05) is 24.3 Å². The summed E-state index contributed by atoms with van der Waals surface area (Å²) in [4.78, 5) is 12.5. The van der Waals surface area contributed by atoms with Gasteiger partial charge in [0.1, 0.15) is 4.21 Å². The SMILES string of the molecule is CC(NC(=O)C1CSCCS1)c1ccccc1NS(=O)(=O)c1cccs1. The maximum atomic E-state index is 12.5. The molecule has 0 saturated carbocycles. The van der Waals surface area contributed by atoms with Crippen LogP contribution in [-0.2, 0) is 14.8 Å². The van der Waals surface area contributed by atoms with Crippen molar-refractivity contribution in [1.29, 1.82) is 0 Å². The number of rotatable bonds is 6. The van der Waals surface area contributed by atoms with E-state index < -0.39 is 10.0 Å². The van der Waals surface area contributed by atoms with Crippen molar-refractivity contribution in [3.05, 3.63) is 47.3 Å². The minimum Gasteiger partial charge on any atom is -0.349 e. The average molecular weight is 429 g/mol. The van der Waals surface area contributed by atoms with Crippen LogP contribution in [0.25, 0.3) is 0 Å². The molecule has 0 radical (unpaired) electrons. The summed E-state index contributed by atoms with van der Waals surface area (Å²) in [5.41, 5.74) is 1.23. The molecule has 2 aromatic rings. The van der Waals surface area contributed by atoms with Crippen molar-refractivity contribution in [2.24, 2.45) is 0 Å². The van der Waals surface area contributed by atoms with E-state index in [1.54, 1.807) is 53.2 Å². The van der Waals surface area contributed by atoms with Crippen molar-refractivity contribution in [2.75, 3.05) is 22.0 Å². The number of sulfonamides is 1. The lowest BCUT2D eigenvalue weighted by atomic mass is 10.1. The summed E-state index contributed by atoms with van der Waals surface area (Å²) >= 11 is 4.64. The molecule has 0 aliphatic carbocycles. The number of nitrogens with one attached hydrogen (secondary N) is 2. The lowest BCUT2D eigenvalue weighted by Crippen LogP contribution is -2.37. The number of para-hydroxylation sites is 1. The van der Waals surface area contributed by atoms with Crippen molar-refractivity contribution in [3.8, 4) is 0 Å². The molecule has 0 spiro atoms. The molecule has 2 atom stereocenters. The normalized spacial score (nSPS) is 18.9. The summed E-state index contributed by atoms with van der Waals surface area (Å²) in [6.45, 7) is 1.87. The van der Waals surface area contributed by atoms with Gasteiger partial charge in [-0.15, -0.1) is 23.1 Å². The summed E-state index contributed by atoms with van der Waals surface area (Å²) in [6.07, 6.45) is 0. The molecule has 0 bridgehead atoms. The predicted molar refractivity (Wildman–Crippen MR) is 112 cm³/mol. The van der Waals surface area contributed by atoms with Crippen LogP contribution >= 0.6 is 34.9 Å². The quantitative estimate of drug-likeness (QED) is 0.736. The number of thiophene rings is 1. The summed E-state index contributed by atoms with van der Waals surface area (Å²) in [6, 6.07) is 10.1. The first kappa shape index (κ1) is 19.6. The lowest BCUT2D eigenvalue weighted by molar-refractivity contribution is -0.120. The van der Waals surface area contributed by atoms with E-state index in [-0.39, 0.29) is 21.4 Å². The van der Waals surface area contributed by atoms with Crippen molar-refractivity contribution in [2.45, 2.75) is 22.4 Å². The second-order valence-electron chi connectivity index (χ2n) is 5.79. The van der Waals surface area contributed by atoms with Gasteiger partial charge in [0.25, 0.3) is 10.0 Å². The fraction of sp³-hybridized carbons (Fsp3) is 0.353. The molecule has 1 aromatic carbocycles. The van der Waals surface area contributed by atoms with Crippen LogP contribution in [0.2, 0.25) is 0 Å². The summed E-state index contributed by atoms with van der Waals surface area (Å²) in [5.74, 6) is 2.88. The Morgan fingerprint density at radius 2 is 2.00 bits per heavy atom. The largest absolute Gasteiger partial charge is 0.349 e. The molecule has 5 nitrogen and oxygen atoms in total.